The standard InChI is InChI=1S/C19H19FN4O2/c1-13-11-24(19(21)23-13)22-10-14-6-7-17(18(9-14)25-2)26-12-15-4-3-5-16(20)8-15/h3-11H,12H2,1-2H3,(H2,21,23). The quantitative estimate of drug-likeness (QED) is 0.689. The van der Waals surface area contributed by atoms with Gasteiger partial charge in [-0.3, -0.25) is 0 Å². The van der Waals surface area contributed by atoms with E-state index in [9.17, 15) is 4.39 Å². The number of methoxy groups -OCH3 is 1. The third-order valence-electron chi connectivity index (χ3n) is 3.64. The summed E-state index contributed by atoms with van der Waals surface area (Å²) >= 11 is 0. The lowest BCUT2D eigenvalue weighted by atomic mass is 10.2. The highest BCUT2D eigenvalue weighted by atomic mass is 19.1. The number of nitrogen functional groups attached to an aromatic ring is 1. The molecule has 0 saturated carbocycles. The lowest BCUT2D eigenvalue weighted by Gasteiger charge is -2.11. The summed E-state index contributed by atoms with van der Waals surface area (Å²) in [6.45, 7) is 2.09. The van der Waals surface area contributed by atoms with Gasteiger partial charge in [0, 0.05) is 0 Å². The molecule has 0 aliphatic carbocycles. The van der Waals surface area contributed by atoms with Crippen LogP contribution in [0, 0.1) is 12.7 Å². The molecular formula is C19H19FN4O2. The highest BCUT2D eigenvalue weighted by Crippen LogP contribution is 2.28. The third kappa shape index (κ3) is 4.18. The van der Waals surface area contributed by atoms with E-state index >= 15 is 0 Å². The predicted molar refractivity (Wildman–Crippen MR) is 98.1 cm³/mol. The second-order valence-electron chi connectivity index (χ2n) is 5.66. The number of nitrogens with zero attached hydrogens (tertiary/aromatic N) is 3. The molecular weight excluding hydrogens is 335 g/mol. The fraction of sp³-hybridized carbons (Fsp3) is 0.158. The summed E-state index contributed by atoms with van der Waals surface area (Å²) in [5.41, 5.74) is 8.10. The highest BCUT2D eigenvalue weighted by molar-refractivity contribution is 5.81. The molecule has 0 spiro atoms. The van der Waals surface area contributed by atoms with E-state index in [-0.39, 0.29) is 12.4 Å². The third-order valence-corrected chi connectivity index (χ3v) is 3.64. The number of hydrogen-bond acceptors (Lipinski definition) is 5. The Bertz CT molecular complexity index is 937. The number of ether oxygens (including phenoxy) is 2. The van der Waals surface area contributed by atoms with Crippen LogP contribution >= 0.6 is 0 Å². The Kier molecular flexibility index (Phi) is 5.17. The van der Waals surface area contributed by atoms with Gasteiger partial charge in [0.2, 0.25) is 5.95 Å². The van der Waals surface area contributed by atoms with Crippen LogP contribution < -0.4 is 15.2 Å². The van der Waals surface area contributed by atoms with E-state index in [1.807, 2.05) is 13.0 Å². The van der Waals surface area contributed by atoms with Crippen LogP contribution in [0.15, 0.2) is 53.8 Å². The fourth-order valence-corrected chi connectivity index (χ4v) is 2.40. The van der Waals surface area contributed by atoms with Gasteiger partial charge in [-0.15, -0.1) is 0 Å². The van der Waals surface area contributed by atoms with Crippen molar-refractivity contribution in [3.05, 3.63) is 71.3 Å². The molecule has 0 atom stereocenters. The second kappa shape index (κ2) is 7.69. The lowest BCUT2D eigenvalue weighted by Crippen LogP contribution is -1.99. The first-order chi connectivity index (χ1) is 12.5. The van der Waals surface area contributed by atoms with Gasteiger partial charge < -0.3 is 15.2 Å². The number of halogens is 1. The summed E-state index contributed by atoms with van der Waals surface area (Å²) in [6, 6.07) is 11.7. The monoisotopic (exact) mass is 354 g/mol. The molecule has 0 aliphatic rings. The maximum absolute atomic E-state index is 13.2. The van der Waals surface area contributed by atoms with E-state index in [2.05, 4.69) is 10.1 Å². The SMILES string of the molecule is COc1cc(C=Nn2cc(C)nc2N)ccc1OCc1cccc(F)c1. The van der Waals surface area contributed by atoms with Crippen LogP contribution in [0.3, 0.4) is 0 Å². The zero-order valence-corrected chi connectivity index (χ0v) is 14.5. The van der Waals surface area contributed by atoms with Crippen LogP contribution in [0.25, 0.3) is 0 Å². The maximum Gasteiger partial charge on any atom is 0.221 e. The summed E-state index contributed by atoms with van der Waals surface area (Å²) in [7, 11) is 1.56. The summed E-state index contributed by atoms with van der Waals surface area (Å²) in [6.07, 6.45) is 3.38. The molecule has 26 heavy (non-hydrogen) atoms. The van der Waals surface area contributed by atoms with Crippen molar-refractivity contribution in [2.75, 3.05) is 12.8 Å². The normalized spacial score (nSPS) is 11.0. The van der Waals surface area contributed by atoms with Crippen molar-refractivity contribution >= 4 is 12.2 Å². The first-order valence-corrected chi connectivity index (χ1v) is 7.96. The average Bonchev–Trinajstić information content (AvgIpc) is 2.95. The lowest BCUT2D eigenvalue weighted by molar-refractivity contribution is 0.284. The Balaban J connectivity index is 1.74. The molecule has 0 fully saturated rings. The second-order valence-corrected chi connectivity index (χ2v) is 5.66. The predicted octanol–water partition coefficient (Wildman–Crippen LogP) is 3.38. The average molecular weight is 354 g/mol. The van der Waals surface area contributed by atoms with Gasteiger partial charge in [0.05, 0.1) is 25.2 Å². The summed E-state index contributed by atoms with van der Waals surface area (Å²) in [5, 5.41) is 4.27. The van der Waals surface area contributed by atoms with Crippen molar-refractivity contribution in [1.82, 2.24) is 9.66 Å². The van der Waals surface area contributed by atoms with E-state index in [1.54, 1.807) is 43.8 Å². The van der Waals surface area contributed by atoms with Gasteiger partial charge in [-0.25, -0.2) is 14.1 Å². The van der Waals surface area contributed by atoms with Crippen molar-refractivity contribution in [3.63, 3.8) is 0 Å². The number of anilines is 1. The number of benzene rings is 2. The molecule has 1 aromatic heterocycles. The summed E-state index contributed by atoms with van der Waals surface area (Å²) in [4.78, 5) is 4.09. The van der Waals surface area contributed by atoms with E-state index < -0.39 is 0 Å². The van der Waals surface area contributed by atoms with Crippen molar-refractivity contribution < 1.29 is 13.9 Å². The smallest absolute Gasteiger partial charge is 0.221 e. The van der Waals surface area contributed by atoms with Gasteiger partial charge in [-0.05, 0) is 48.4 Å². The number of hydrogen-bond donors (Lipinski definition) is 1. The Morgan fingerprint density at radius 2 is 2.08 bits per heavy atom. The van der Waals surface area contributed by atoms with Gasteiger partial charge in [0.15, 0.2) is 11.5 Å². The van der Waals surface area contributed by atoms with Crippen molar-refractivity contribution in [3.8, 4) is 11.5 Å². The molecule has 2 aromatic carbocycles. The first kappa shape index (κ1) is 17.5. The Labute approximate surface area is 150 Å². The van der Waals surface area contributed by atoms with Crippen molar-refractivity contribution in [2.45, 2.75) is 13.5 Å². The van der Waals surface area contributed by atoms with Crippen LogP contribution in [0.5, 0.6) is 11.5 Å². The molecule has 7 heteroatoms. The molecule has 0 amide bonds. The van der Waals surface area contributed by atoms with Gasteiger partial charge in [-0.2, -0.15) is 5.10 Å². The van der Waals surface area contributed by atoms with Crippen LogP contribution in [0.1, 0.15) is 16.8 Å². The largest absolute Gasteiger partial charge is 0.493 e. The molecule has 0 bridgehead atoms. The topological polar surface area (TPSA) is 74.7 Å². The molecule has 0 aliphatic heterocycles. The van der Waals surface area contributed by atoms with Gasteiger partial charge in [-0.1, -0.05) is 12.1 Å². The number of imidazole rings is 1. The maximum atomic E-state index is 13.2. The molecule has 3 aromatic rings. The molecule has 0 radical (unpaired) electrons. The van der Waals surface area contributed by atoms with E-state index in [4.69, 9.17) is 15.2 Å². The minimum absolute atomic E-state index is 0.242. The highest BCUT2D eigenvalue weighted by Gasteiger charge is 2.06. The number of aryl methyl sites for hydroxylation is 1. The van der Waals surface area contributed by atoms with Crippen LogP contribution in [-0.4, -0.2) is 23.0 Å². The number of aromatic nitrogens is 2. The van der Waals surface area contributed by atoms with Crippen molar-refractivity contribution in [1.29, 1.82) is 0 Å². The molecule has 3 rings (SSSR count). The van der Waals surface area contributed by atoms with Gasteiger partial charge in [0.25, 0.3) is 0 Å². The molecule has 6 nitrogen and oxygen atoms in total. The Morgan fingerprint density at radius 1 is 1.23 bits per heavy atom. The number of nitrogens with two attached hydrogens (primary N) is 1. The van der Waals surface area contributed by atoms with Crippen LogP contribution in [0.4, 0.5) is 10.3 Å². The first-order valence-electron chi connectivity index (χ1n) is 7.96. The summed E-state index contributed by atoms with van der Waals surface area (Å²) < 4.78 is 25.8. The molecule has 2 N–H and O–H groups in total. The zero-order valence-electron chi connectivity index (χ0n) is 14.5. The Morgan fingerprint density at radius 3 is 2.77 bits per heavy atom. The minimum Gasteiger partial charge on any atom is -0.493 e. The minimum atomic E-state index is -0.293. The van der Waals surface area contributed by atoms with E-state index in [1.165, 1.54) is 16.8 Å². The molecule has 134 valence electrons. The Hall–Kier alpha value is -3.35. The van der Waals surface area contributed by atoms with E-state index in [0.717, 1.165) is 16.8 Å². The molecule has 0 unspecified atom stereocenters. The molecule has 0 saturated heterocycles. The van der Waals surface area contributed by atoms with Gasteiger partial charge in [0.1, 0.15) is 12.4 Å². The van der Waals surface area contributed by atoms with Crippen LogP contribution in [-0.2, 0) is 6.61 Å². The zero-order chi connectivity index (χ0) is 18.5. The van der Waals surface area contributed by atoms with Crippen molar-refractivity contribution in [2.24, 2.45) is 5.10 Å². The molecule has 1 heterocycles. The fourth-order valence-electron chi connectivity index (χ4n) is 2.40. The summed E-state index contributed by atoms with van der Waals surface area (Å²) in [5.74, 6) is 1.14. The van der Waals surface area contributed by atoms with Gasteiger partial charge >= 0.3 is 0 Å². The number of rotatable bonds is 6. The van der Waals surface area contributed by atoms with Crippen LogP contribution in [0.2, 0.25) is 0 Å². The van der Waals surface area contributed by atoms with E-state index in [0.29, 0.717) is 17.4 Å².